The van der Waals surface area contributed by atoms with Crippen molar-refractivity contribution in [3.63, 3.8) is 0 Å². The Morgan fingerprint density at radius 2 is 2.03 bits per heavy atom. The minimum atomic E-state index is -0.126. The van der Waals surface area contributed by atoms with Crippen LogP contribution in [0.2, 0.25) is 0 Å². The van der Waals surface area contributed by atoms with Crippen molar-refractivity contribution in [2.24, 2.45) is 5.92 Å². The number of rotatable bonds is 8. The summed E-state index contributed by atoms with van der Waals surface area (Å²) in [6, 6.07) is 11.7. The molecule has 1 N–H and O–H groups in total. The minimum absolute atomic E-state index is 0.126. The molecule has 5 rings (SSSR count). The molecule has 180 valence electrons. The monoisotopic (exact) mass is 464 g/mol. The minimum Gasteiger partial charge on any atom is -0.486 e. The highest BCUT2D eigenvalue weighted by Crippen LogP contribution is 2.23. The van der Waals surface area contributed by atoms with Crippen molar-refractivity contribution in [2.75, 3.05) is 46.1 Å². The summed E-state index contributed by atoms with van der Waals surface area (Å²) in [7, 11) is 0. The fourth-order valence-electron chi connectivity index (χ4n) is 4.86. The average molecular weight is 465 g/mol. The van der Waals surface area contributed by atoms with Gasteiger partial charge in [0.15, 0.2) is 0 Å². The van der Waals surface area contributed by atoms with E-state index in [1.54, 1.807) is 6.07 Å². The normalized spacial score (nSPS) is 19.9. The summed E-state index contributed by atoms with van der Waals surface area (Å²) in [4.78, 5) is 20.3. The Balaban J connectivity index is 1.25. The van der Waals surface area contributed by atoms with Gasteiger partial charge in [0.05, 0.1) is 31.1 Å². The van der Waals surface area contributed by atoms with Crippen molar-refractivity contribution in [1.29, 1.82) is 0 Å². The van der Waals surface area contributed by atoms with Gasteiger partial charge in [0.25, 0.3) is 5.91 Å². The first-order valence-electron chi connectivity index (χ1n) is 12.0. The van der Waals surface area contributed by atoms with Gasteiger partial charge in [0.2, 0.25) is 0 Å². The lowest BCUT2D eigenvalue weighted by Crippen LogP contribution is -2.52. The summed E-state index contributed by atoms with van der Waals surface area (Å²) in [5.74, 6) is 0.850. The second-order valence-electron chi connectivity index (χ2n) is 8.99. The van der Waals surface area contributed by atoms with E-state index in [9.17, 15) is 4.79 Å². The molecule has 2 saturated heterocycles. The van der Waals surface area contributed by atoms with Gasteiger partial charge in [-0.25, -0.2) is 4.98 Å². The van der Waals surface area contributed by atoms with Crippen LogP contribution in [-0.4, -0.2) is 72.3 Å². The number of ether oxygens (including phenoxy) is 3. The van der Waals surface area contributed by atoms with Crippen molar-refractivity contribution in [2.45, 2.75) is 26.0 Å². The SMILES string of the molecule is Cc1cccn2cc(COc3ccccc3C(=O)NCC(C3CCOC3)N3CCOCC3)nc12. The molecule has 3 aromatic rings. The summed E-state index contributed by atoms with van der Waals surface area (Å²) in [6.45, 7) is 7.68. The number of imidazole rings is 1. The lowest BCUT2D eigenvalue weighted by Gasteiger charge is -2.37. The van der Waals surface area contributed by atoms with Gasteiger partial charge in [-0.05, 0) is 37.1 Å². The molecule has 2 aliphatic rings. The van der Waals surface area contributed by atoms with E-state index < -0.39 is 0 Å². The number of aromatic nitrogens is 2. The number of morpholine rings is 1. The summed E-state index contributed by atoms with van der Waals surface area (Å²) in [6.07, 6.45) is 4.96. The molecule has 8 heteroatoms. The maximum absolute atomic E-state index is 13.2. The van der Waals surface area contributed by atoms with Crippen molar-refractivity contribution < 1.29 is 19.0 Å². The van der Waals surface area contributed by atoms with Crippen LogP contribution in [-0.2, 0) is 16.1 Å². The summed E-state index contributed by atoms with van der Waals surface area (Å²) < 4.78 is 19.2. The number of benzene rings is 1. The van der Waals surface area contributed by atoms with E-state index in [1.165, 1.54) is 0 Å². The number of hydrogen-bond acceptors (Lipinski definition) is 6. The molecule has 2 fully saturated rings. The summed E-state index contributed by atoms with van der Waals surface area (Å²) in [5, 5.41) is 3.16. The molecule has 2 atom stereocenters. The molecule has 1 amide bonds. The average Bonchev–Trinajstić information content (AvgIpc) is 3.55. The van der Waals surface area contributed by atoms with Crippen LogP contribution in [0.1, 0.15) is 28.0 Å². The van der Waals surface area contributed by atoms with Crippen molar-refractivity contribution in [1.82, 2.24) is 19.6 Å². The van der Waals surface area contributed by atoms with E-state index >= 15 is 0 Å². The molecule has 2 unspecified atom stereocenters. The summed E-state index contributed by atoms with van der Waals surface area (Å²) in [5.41, 5.74) is 3.37. The van der Waals surface area contributed by atoms with Crippen LogP contribution in [0.4, 0.5) is 0 Å². The molecule has 0 spiro atoms. The number of carbonyl (C=O) groups excluding carboxylic acids is 1. The van der Waals surface area contributed by atoms with Gasteiger partial charge in [0.1, 0.15) is 18.0 Å². The molecular weight excluding hydrogens is 432 g/mol. The molecule has 0 aliphatic carbocycles. The largest absolute Gasteiger partial charge is 0.486 e. The molecule has 0 bridgehead atoms. The van der Waals surface area contributed by atoms with Crippen LogP contribution in [0.3, 0.4) is 0 Å². The van der Waals surface area contributed by atoms with E-state index in [-0.39, 0.29) is 11.9 Å². The topological polar surface area (TPSA) is 77.3 Å². The van der Waals surface area contributed by atoms with Crippen LogP contribution in [0.5, 0.6) is 5.75 Å². The fourth-order valence-corrected chi connectivity index (χ4v) is 4.86. The van der Waals surface area contributed by atoms with Crippen molar-refractivity contribution in [3.8, 4) is 5.75 Å². The maximum Gasteiger partial charge on any atom is 0.255 e. The Hall–Kier alpha value is -2.94. The Morgan fingerprint density at radius 3 is 2.82 bits per heavy atom. The quantitative estimate of drug-likeness (QED) is 0.552. The smallest absolute Gasteiger partial charge is 0.255 e. The second-order valence-corrected chi connectivity index (χ2v) is 8.99. The van der Waals surface area contributed by atoms with E-state index in [1.807, 2.05) is 54.0 Å². The second kappa shape index (κ2) is 10.5. The van der Waals surface area contributed by atoms with Crippen molar-refractivity contribution in [3.05, 3.63) is 65.6 Å². The number of amides is 1. The number of nitrogens with zero attached hydrogens (tertiary/aromatic N) is 3. The molecule has 2 aliphatic heterocycles. The predicted molar refractivity (Wildman–Crippen MR) is 128 cm³/mol. The van der Waals surface area contributed by atoms with Crippen LogP contribution in [0.25, 0.3) is 5.65 Å². The maximum atomic E-state index is 13.2. The molecule has 0 saturated carbocycles. The Labute approximate surface area is 199 Å². The highest BCUT2D eigenvalue weighted by atomic mass is 16.5. The predicted octanol–water partition coefficient (Wildman–Crippen LogP) is 2.69. The highest BCUT2D eigenvalue weighted by Gasteiger charge is 2.32. The number of para-hydroxylation sites is 1. The van der Waals surface area contributed by atoms with E-state index in [0.29, 0.717) is 30.4 Å². The number of aryl methyl sites for hydroxylation is 1. The zero-order chi connectivity index (χ0) is 23.3. The molecule has 8 nitrogen and oxygen atoms in total. The van der Waals surface area contributed by atoms with E-state index in [4.69, 9.17) is 14.2 Å². The van der Waals surface area contributed by atoms with Gasteiger partial charge in [0, 0.05) is 50.6 Å². The van der Waals surface area contributed by atoms with E-state index in [0.717, 1.165) is 62.8 Å². The van der Waals surface area contributed by atoms with Crippen molar-refractivity contribution >= 4 is 11.6 Å². The van der Waals surface area contributed by atoms with E-state index in [2.05, 4.69) is 15.2 Å². The van der Waals surface area contributed by atoms with Gasteiger partial charge in [-0.3, -0.25) is 9.69 Å². The van der Waals surface area contributed by atoms with Crippen LogP contribution >= 0.6 is 0 Å². The number of nitrogens with one attached hydrogen (secondary N) is 1. The standard InChI is InChI=1S/C26H32N4O4/c1-19-5-4-9-30-16-21(28-25(19)30)18-34-24-7-3-2-6-22(24)26(31)27-15-23(20-8-12-33-17-20)29-10-13-32-14-11-29/h2-7,9,16,20,23H,8,10-15,17-18H2,1H3,(H,27,31). The highest BCUT2D eigenvalue weighted by molar-refractivity contribution is 5.96. The number of pyridine rings is 1. The first-order valence-corrected chi connectivity index (χ1v) is 12.0. The zero-order valence-corrected chi connectivity index (χ0v) is 19.6. The fraction of sp³-hybridized carbons (Fsp3) is 0.462. The zero-order valence-electron chi connectivity index (χ0n) is 19.6. The van der Waals surface area contributed by atoms with Gasteiger partial charge < -0.3 is 23.9 Å². The molecule has 1 aromatic carbocycles. The van der Waals surface area contributed by atoms with Gasteiger partial charge in [-0.2, -0.15) is 0 Å². The molecular formula is C26H32N4O4. The van der Waals surface area contributed by atoms with Gasteiger partial charge >= 0.3 is 0 Å². The first-order chi connectivity index (χ1) is 16.7. The van der Waals surface area contributed by atoms with Crippen LogP contribution in [0, 0.1) is 12.8 Å². The lowest BCUT2D eigenvalue weighted by atomic mass is 9.96. The number of fused-ring (bicyclic) bond motifs is 1. The summed E-state index contributed by atoms with van der Waals surface area (Å²) >= 11 is 0. The Morgan fingerprint density at radius 1 is 1.18 bits per heavy atom. The van der Waals surface area contributed by atoms with Crippen LogP contribution < -0.4 is 10.1 Å². The molecule has 4 heterocycles. The number of hydrogen-bond donors (Lipinski definition) is 1. The third-order valence-electron chi connectivity index (χ3n) is 6.73. The van der Waals surface area contributed by atoms with Gasteiger partial charge in [-0.15, -0.1) is 0 Å². The molecule has 2 aromatic heterocycles. The third kappa shape index (κ3) is 5.09. The van der Waals surface area contributed by atoms with Crippen LogP contribution in [0.15, 0.2) is 48.8 Å². The molecule has 0 radical (unpaired) electrons. The van der Waals surface area contributed by atoms with Gasteiger partial charge in [-0.1, -0.05) is 18.2 Å². The lowest BCUT2D eigenvalue weighted by molar-refractivity contribution is 0.00166. The Bertz CT molecular complexity index is 1120. The third-order valence-corrected chi connectivity index (χ3v) is 6.73. The first kappa shape index (κ1) is 22.8. The Kier molecular flexibility index (Phi) is 7.08. The molecule has 34 heavy (non-hydrogen) atoms. The number of carbonyl (C=O) groups is 1.